The Morgan fingerprint density at radius 2 is 1.94 bits per heavy atom. The maximum atomic E-state index is 11.5. The average molecular weight is 219 g/mol. The van der Waals surface area contributed by atoms with Crippen molar-refractivity contribution >= 4 is 5.91 Å². The number of nitrogens with zero attached hydrogens (tertiary/aromatic N) is 1. The van der Waals surface area contributed by atoms with Gasteiger partial charge in [-0.2, -0.15) is 0 Å². The van der Waals surface area contributed by atoms with Gasteiger partial charge in [0.15, 0.2) is 0 Å². The molecule has 1 aromatic carbocycles. The van der Waals surface area contributed by atoms with Crippen LogP contribution in [0.4, 0.5) is 0 Å². The number of carbonyl (C=O) groups excluding carboxylic acids is 1. The van der Waals surface area contributed by atoms with E-state index in [0.29, 0.717) is 19.7 Å². The van der Waals surface area contributed by atoms with Gasteiger partial charge in [-0.3, -0.25) is 4.79 Å². The highest BCUT2D eigenvalue weighted by molar-refractivity contribution is 5.77. The van der Waals surface area contributed by atoms with Gasteiger partial charge < -0.3 is 9.64 Å². The lowest BCUT2D eigenvalue weighted by Crippen LogP contribution is -2.40. The molecule has 3 heteroatoms. The van der Waals surface area contributed by atoms with Crippen molar-refractivity contribution in [2.24, 2.45) is 0 Å². The molecule has 1 aliphatic rings. The molecule has 0 aliphatic carbocycles. The maximum absolute atomic E-state index is 11.5. The molecule has 0 unspecified atom stereocenters. The third-order valence-corrected chi connectivity index (χ3v) is 2.89. The molecule has 1 saturated heterocycles. The fourth-order valence-corrected chi connectivity index (χ4v) is 1.82. The predicted molar refractivity (Wildman–Crippen MR) is 62.1 cm³/mol. The van der Waals surface area contributed by atoms with Crippen molar-refractivity contribution in [3.63, 3.8) is 0 Å². The molecule has 0 atom stereocenters. The van der Waals surface area contributed by atoms with E-state index in [-0.39, 0.29) is 12.5 Å². The summed E-state index contributed by atoms with van der Waals surface area (Å²) in [7, 11) is 0. The molecule has 1 amide bonds. The Hall–Kier alpha value is -1.35. The average Bonchev–Trinajstić information content (AvgIpc) is 2.33. The van der Waals surface area contributed by atoms with Crippen molar-refractivity contribution in [1.82, 2.24) is 4.90 Å². The van der Waals surface area contributed by atoms with E-state index in [1.807, 2.05) is 4.90 Å². The minimum absolute atomic E-state index is 0.0887. The smallest absolute Gasteiger partial charge is 0.248 e. The fraction of sp³-hybridized carbons (Fsp3) is 0.462. The summed E-state index contributed by atoms with van der Waals surface area (Å²) in [6.07, 6.45) is 1.05. The zero-order chi connectivity index (χ0) is 11.4. The van der Waals surface area contributed by atoms with Gasteiger partial charge in [0.25, 0.3) is 0 Å². The Balaban J connectivity index is 1.99. The van der Waals surface area contributed by atoms with Gasteiger partial charge in [-0.25, -0.2) is 0 Å². The number of hydrogen-bond acceptors (Lipinski definition) is 2. The van der Waals surface area contributed by atoms with E-state index in [1.54, 1.807) is 0 Å². The van der Waals surface area contributed by atoms with Crippen LogP contribution >= 0.6 is 0 Å². The first-order valence-corrected chi connectivity index (χ1v) is 5.73. The molecule has 1 heterocycles. The topological polar surface area (TPSA) is 29.5 Å². The number of amides is 1. The van der Waals surface area contributed by atoms with Crippen molar-refractivity contribution in [2.45, 2.75) is 19.9 Å². The monoisotopic (exact) mass is 219 g/mol. The van der Waals surface area contributed by atoms with E-state index in [4.69, 9.17) is 4.74 Å². The van der Waals surface area contributed by atoms with Gasteiger partial charge in [0.05, 0.1) is 6.61 Å². The van der Waals surface area contributed by atoms with Gasteiger partial charge in [-0.05, 0) is 17.5 Å². The van der Waals surface area contributed by atoms with Crippen LogP contribution in [0.2, 0.25) is 0 Å². The van der Waals surface area contributed by atoms with Crippen LogP contribution in [-0.2, 0) is 22.5 Å². The normalized spacial score (nSPS) is 16.6. The third-order valence-electron chi connectivity index (χ3n) is 2.89. The highest BCUT2D eigenvalue weighted by Crippen LogP contribution is 2.10. The SMILES string of the molecule is CCc1ccc(CN2CCOCC2=O)cc1. The summed E-state index contributed by atoms with van der Waals surface area (Å²) in [6, 6.07) is 8.45. The summed E-state index contributed by atoms with van der Waals surface area (Å²) >= 11 is 0. The Kier molecular flexibility index (Phi) is 3.57. The second-order valence-corrected chi connectivity index (χ2v) is 4.04. The van der Waals surface area contributed by atoms with E-state index < -0.39 is 0 Å². The van der Waals surface area contributed by atoms with Crippen molar-refractivity contribution in [2.75, 3.05) is 19.8 Å². The molecular formula is C13H17NO2. The van der Waals surface area contributed by atoms with Crippen LogP contribution in [0, 0.1) is 0 Å². The first-order valence-electron chi connectivity index (χ1n) is 5.73. The molecule has 0 saturated carbocycles. The van der Waals surface area contributed by atoms with Crippen molar-refractivity contribution in [3.05, 3.63) is 35.4 Å². The first-order chi connectivity index (χ1) is 7.79. The van der Waals surface area contributed by atoms with E-state index in [2.05, 4.69) is 31.2 Å². The number of morpholine rings is 1. The second-order valence-electron chi connectivity index (χ2n) is 4.04. The number of hydrogen-bond donors (Lipinski definition) is 0. The minimum Gasteiger partial charge on any atom is -0.370 e. The van der Waals surface area contributed by atoms with E-state index >= 15 is 0 Å². The van der Waals surface area contributed by atoms with Crippen LogP contribution in [0.5, 0.6) is 0 Å². The van der Waals surface area contributed by atoms with Crippen LogP contribution in [0.3, 0.4) is 0 Å². The lowest BCUT2D eigenvalue weighted by Gasteiger charge is -2.26. The summed E-state index contributed by atoms with van der Waals surface area (Å²) in [5.74, 6) is 0.0887. The predicted octanol–water partition coefficient (Wildman–Crippen LogP) is 1.61. The Morgan fingerprint density at radius 1 is 1.25 bits per heavy atom. The van der Waals surface area contributed by atoms with Gasteiger partial charge in [0.2, 0.25) is 5.91 Å². The molecule has 0 bridgehead atoms. The Bertz CT molecular complexity index is 359. The maximum Gasteiger partial charge on any atom is 0.248 e. The van der Waals surface area contributed by atoms with Crippen LogP contribution in [0.1, 0.15) is 18.1 Å². The summed E-state index contributed by atoms with van der Waals surface area (Å²) in [4.78, 5) is 13.4. The second kappa shape index (κ2) is 5.12. The van der Waals surface area contributed by atoms with Crippen molar-refractivity contribution in [1.29, 1.82) is 0 Å². The highest BCUT2D eigenvalue weighted by atomic mass is 16.5. The lowest BCUT2D eigenvalue weighted by atomic mass is 10.1. The van der Waals surface area contributed by atoms with Gasteiger partial charge >= 0.3 is 0 Å². The highest BCUT2D eigenvalue weighted by Gasteiger charge is 2.18. The molecule has 0 spiro atoms. The third kappa shape index (κ3) is 2.61. The summed E-state index contributed by atoms with van der Waals surface area (Å²) < 4.78 is 5.09. The molecule has 2 rings (SSSR count). The number of rotatable bonds is 3. The summed E-state index contributed by atoms with van der Waals surface area (Å²) in [5.41, 5.74) is 2.52. The Labute approximate surface area is 96.0 Å². The van der Waals surface area contributed by atoms with Crippen LogP contribution < -0.4 is 0 Å². The molecule has 16 heavy (non-hydrogen) atoms. The molecule has 1 fully saturated rings. The lowest BCUT2D eigenvalue weighted by molar-refractivity contribution is -0.143. The van der Waals surface area contributed by atoms with Gasteiger partial charge in [-0.15, -0.1) is 0 Å². The summed E-state index contributed by atoms with van der Waals surface area (Å²) in [6.45, 7) is 4.42. The van der Waals surface area contributed by atoms with Crippen molar-refractivity contribution in [3.8, 4) is 0 Å². The molecule has 86 valence electrons. The zero-order valence-corrected chi connectivity index (χ0v) is 9.61. The molecule has 0 radical (unpaired) electrons. The molecule has 3 nitrogen and oxygen atoms in total. The standard InChI is InChI=1S/C13H17NO2/c1-2-11-3-5-12(6-4-11)9-14-7-8-16-10-13(14)15/h3-6H,2,7-10H2,1H3. The van der Waals surface area contributed by atoms with E-state index in [9.17, 15) is 4.79 Å². The van der Waals surface area contributed by atoms with Gasteiger partial charge in [0.1, 0.15) is 6.61 Å². The number of carbonyl (C=O) groups is 1. The minimum atomic E-state index is 0.0887. The van der Waals surface area contributed by atoms with Crippen LogP contribution in [0.25, 0.3) is 0 Å². The zero-order valence-electron chi connectivity index (χ0n) is 9.61. The van der Waals surface area contributed by atoms with Gasteiger partial charge in [0, 0.05) is 13.1 Å². The number of benzene rings is 1. The molecule has 0 aromatic heterocycles. The molecular weight excluding hydrogens is 202 g/mol. The number of ether oxygens (including phenoxy) is 1. The van der Waals surface area contributed by atoms with Gasteiger partial charge in [-0.1, -0.05) is 31.2 Å². The van der Waals surface area contributed by atoms with Crippen LogP contribution in [0.15, 0.2) is 24.3 Å². The molecule has 0 N–H and O–H groups in total. The largest absolute Gasteiger partial charge is 0.370 e. The quantitative estimate of drug-likeness (QED) is 0.773. The van der Waals surface area contributed by atoms with Crippen LogP contribution in [-0.4, -0.2) is 30.6 Å². The van der Waals surface area contributed by atoms with E-state index in [0.717, 1.165) is 6.42 Å². The Morgan fingerprint density at radius 3 is 2.56 bits per heavy atom. The molecule has 1 aliphatic heterocycles. The van der Waals surface area contributed by atoms with Crippen molar-refractivity contribution < 1.29 is 9.53 Å². The first kappa shape index (κ1) is 11.1. The fourth-order valence-electron chi connectivity index (χ4n) is 1.82. The summed E-state index contributed by atoms with van der Waals surface area (Å²) in [5, 5.41) is 0. The van der Waals surface area contributed by atoms with E-state index in [1.165, 1.54) is 11.1 Å². The molecule has 1 aromatic rings. The number of aryl methyl sites for hydroxylation is 1.